The van der Waals surface area contributed by atoms with Gasteiger partial charge in [0, 0.05) is 49.1 Å². The van der Waals surface area contributed by atoms with Crippen LogP contribution < -0.4 is 19.7 Å². The second-order valence-electron chi connectivity index (χ2n) is 15.6. The van der Waals surface area contributed by atoms with Gasteiger partial charge >= 0.3 is 18.2 Å². The van der Waals surface area contributed by atoms with E-state index >= 15 is 8.78 Å². The quantitative estimate of drug-likeness (QED) is 0.141. The fourth-order valence-corrected chi connectivity index (χ4v) is 8.50. The molecule has 2 amide bonds. The highest BCUT2D eigenvalue weighted by Gasteiger charge is 2.47. The Balaban J connectivity index is 1.21. The molecule has 8 rings (SSSR count). The minimum absolute atomic E-state index is 0.0162. The van der Waals surface area contributed by atoms with Gasteiger partial charge < -0.3 is 34.6 Å². The Hall–Kier alpha value is -5.24. The van der Waals surface area contributed by atoms with Gasteiger partial charge in [-0.05, 0) is 69.0 Å². The predicted octanol–water partition coefficient (Wildman–Crippen LogP) is 6.73. The van der Waals surface area contributed by atoms with Crippen molar-refractivity contribution in [1.82, 2.24) is 30.1 Å². The number of ether oxygens (including phenoxy) is 2. The first-order valence-electron chi connectivity index (χ1n) is 19.0. The summed E-state index contributed by atoms with van der Waals surface area (Å²) in [6.07, 6.45) is 3.95. The number of fused-ring (bicyclic) bond motifs is 4. The fraction of sp³-hybridized carbons (Fsp3) is 0.500. The first kappa shape index (κ1) is 38.6. The molecule has 0 radical (unpaired) electrons. The van der Waals surface area contributed by atoms with Gasteiger partial charge in [0.05, 0.1) is 31.4 Å². The minimum Gasteiger partial charge on any atom is -0.508 e. The predicted molar refractivity (Wildman–Crippen MR) is 199 cm³/mol. The molecule has 4 fully saturated rings. The van der Waals surface area contributed by atoms with Crippen molar-refractivity contribution in [1.29, 1.82) is 0 Å². The molecule has 2 aromatic carbocycles. The number of piperazine rings is 1. The number of aromatic nitrogens is 3. The van der Waals surface area contributed by atoms with Gasteiger partial charge in [-0.3, -0.25) is 0 Å². The maximum Gasteiger partial charge on any atom is 0.408 e. The van der Waals surface area contributed by atoms with Gasteiger partial charge in [0.25, 0.3) is 0 Å². The van der Waals surface area contributed by atoms with E-state index in [9.17, 15) is 27.5 Å². The first-order valence-corrected chi connectivity index (χ1v) is 19.0. The van der Waals surface area contributed by atoms with Gasteiger partial charge in [-0.25, -0.2) is 22.9 Å². The van der Waals surface area contributed by atoms with Crippen molar-refractivity contribution >= 4 is 33.5 Å². The van der Waals surface area contributed by atoms with Crippen molar-refractivity contribution in [2.75, 3.05) is 51.3 Å². The number of rotatable bonds is 9. The van der Waals surface area contributed by atoms with Gasteiger partial charge in [0.15, 0.2) is 5.82 Å². The number of amides is 2. The number of benzene rings is 2. The van der Waals surface area contributed by atoms with Crippen LogP contribution in [0.3, 0.4) is 0 Å². The monoisotopic (exact) mass is 797 g/mol. The molecule has 57 heavy (non-hydrogen) atoms. The van der Waals surface area contributed by atoms with Crippen molar-refractivity contribution in [3.05, 3.63) is 41.5 Å². The second kappa shape index (κ2) is 14.6. The molecule has 1 saturated carbocycles. The Bertz CT molecular complexity index is 2260. The Morgan fingerprint density at radius 2 is 1.77 bits per heavy atom. The summed E-state index contributed by atoms with van der Waals surface area (Å²) in [7, 11) is 1.32. The van der Waals surface area contributed by atoms with E-state index in [1.54, 1.807) is 0 Å². The third kappa shape index (κ3) is 7.28. The van der Waals surface area contributed by atoms with Crippen molar-refractivity contribution in [3.63, 3.8) is 0 Å². The lowest BCUT2D eigenvalue weighted by Crippen LogP contribution is -2.60. The molecule has 4 aliphatic rings. The third-order valence-corrected chi connectivity index (χ3v) is 11.7. The summed E-state index contributed by atoms with van der Waals surface area (Å²) in [6, 6.07) is 1.11. The van der Waals surface area contributed by atoms with Gasteiger partial charge in [-0.1, -0.05) is 12.0 Å². The number of urea groups is 1. The molecule has 17 heteroatoms. The fourth-order valence-electron chi connectivity index (χ4n) is 8.50. The van der Waals surface area contributed by atoms with Gasteiger partial charge in [-0.2, -0.15) is 23.1 Å². The van der Waals surface area contributed by atoms with Crippen molar-refractivity contribution < 1.29 is 45.7 Å². The SMILES string of the molecule is C#Cc1c(F)ccc2cc(O)cc(-c3nc(OC)c4c(N5CC6CCC(C5)N6C(=O)NC(C)C(F)(F)F)nc(OCC5(CN6CCC(F)CC6)CC5)nc4c3F)c12. The van der Waals surface area contributed by atoms with E-state index in [4.69, 9.17) is 20.9 Å². The number of terminal acetylenes is 1. The van der Waals surface area contributed by atoms with E-state index in [-0.39, 0.29) is 81.7 Å². The van der Waals surface area contributed by atoms with Crippen molar-refractivity contribution in [2.45, 2.75) is 75.9 Å². The van der Waals surface area contributed by atoms with Crippen LogP contribution in [-0.4, -0.2) is 113 Å². The molecular weight excluding hydrogens is 756 g/mol. The summed E-state index contributed by atoms with van der Waals surface area (Å²) in [6.45, 7) is 3.32. The normalized spacial score (nSPS) is 21.5. The lowest BCUT2D eigenvalue weighted by molar-refractivity contribution is -0.149. The zero-order valence-corrected chi connectivity index (χ0v) is 31.3. The van der Waals surface area contributed by atoms with E-state index in [1.165, 1.54) is 30.2 Å². The van der Waals surface area contributed by atoms with Crippen LogP contribution in [0.5, 0.6) is 17.6 Å². The summed E-state index contributed by atoms with van der Waals surface area (Å²) >= 11 is 0. The Labute approximate surface area is 324 Å². The molecule has 4 aromatic rings. The molecule has 0 spiro atoms. The Morgan fingerprint density at radius 3 is 2.40 bits per heavy atom. The lowest BCUT2D eigenvalue weighted by Gasteiger charge is -2.42. The van der Waals surface area contributed by atoms with Gasteiger partial charge in [0.2, 0.25) is 5.88 Å². The van der Waals surface area contributed by atoms with E-state index < -0.39 is 48.1 Å². The highest BCUT2D eigenvalue weighted by molar-refractivity contribution is 6.04. The summed E-state index contributed by atoms with van der Waals surface area (Å²) in [5.41, 5.74) is -1.01. The molecule has 2 aromatic heterocycles. The molecule has 5 heterocycles. The van der Waals surface area contributed by atoms with Gasteiger partial charge in [-0.15, -0.1) is 6.42 Å². The number of hydrogen-bond donors (Lipinski definition) is 2. The lowest BCUT2D eigenvalue weighted by atomic mass is 9.95. The van der Waals surface area contributed by atoms with E-state index in [1.807, 2.05) is 4.90 Å². The van der Waals surface area contributed by atoms with Crippen LogP contribution in [0.25, 0.3) is 32.9 Å². The molecule has 3 saturated heterocycles. The molecule has 1 aliphatic carbocycles. The van der Waals surface area contributed by atoms with E-state index in [2.05, 4.69) is 26.1 Å². The zero-order valence-electron chi connectivity index (χ0n) is 31.3. The number of carbonyl (C=O) groups is 1. The number of anilines is 1. The number of aromatic hydroxyl groups is 1. The molecule has 302 valence electrons. The van der Waals surface area contributed by atoms with Crippen LogP contribution in [0.4, 0.5) is 37.0 Å². The number of phenolic OH excluding ortho intramolecular Hbond substituents is 1. The van der Waals surface area contributed by atoms with Crippen LogP contribution in [-0.2, 0) is 0 Å². The number of nitrogens with zero attached hydrogens (tertiary/aromatic N) is 6. The number of pyridine rings is 1. The number of carbonyl (C=O) groups excluding carboxylic acids is 1. The number of likely N-dealkylation sites (tertiary alicyclic amines) is 1. The maximum absolute atomic E-state index is 17.3. The molecule has 2 N–H and O–H groups in total. The average molecular weight is 798 g/mol. The molecule has 3 atom stereocenters. The first-order chi connectivity index (χ1) is 27.2. The largest absolute Gasteiger partial charge is 0.508 e. The van der Waals surface area contributed by atoms with Crippen LogP contribution in [0.2, 0.25) is 0 Å². The highest BCUT2D eigenvalue weighted by atomic mass is 19.4. The van der Waals surface area contributed by atoms with Crippen LogP contribution in [0.1, 0.15) is 51.0 Å². The smallest absolute Gasteiger partial charge is 0.408 e. The minimum atomic E-state index is -4.62. The van der Waals surface area contributed by atoms with Gasteiger partial charge in [0.1, 0.15) is 46.2 Å². The van der Waals surface area contributed by atoms with E-state index in [0.29, 0.717) is 50.7 Å². The standard InChI is InChI=1S/C40H41F6N7O4/c1-4-27-29(42)8-5-22-15-26(54)16-28(30(22)27)33-32(43)34-31(36(48-33)56-3)35(50-37(49-34)57-20-39(11-12-39)19-51-13-9-23(41)10-14-51)52-17-24-6-7-25(18-52)53(24)38(55)47-21(2)40(44,45)46/h1,5,8,15-16,21,23-25,54H,6-7,9-14,17-20H2,2-3H3,(H,47,55). The Kier molecular flexibility index (Phi) is 9.90. The van der Waals surface area contributed by atoms with E-state index in [0.717, 1.165) is 25.8 Å². The number of hydrogen-bond acceptors (Lipinski definition) is 9. The topological polar surface area (TPSA) is 116 Å². The molecule has 2 bridgehead atoms. The summed E-state index contributed by atoms with van der Waals surface area (Å²) in [5.74, 6) is 0.439. The van der Waals surface area contributed by atoms with Crippen LogP contribution >= 0.6 is 0 Å². The number of alkyl halides is 4. The number of phenols is 1. The number of nitrogens with one attached hydrogen (secondary N) is 1. The molecular formula is C40H41F6N7O4. The second-order valence-corrected chi connectivity index (χ2v) is 15.6. The Morgan fingerprint density at radius 1 is 1.07 bits per heavy atom. The summed E-state index contributed by atoms with van der Waals surface area (Å²) in [5, 5.41) is 13.3. The van der Waals surface area contributed by atoms with Crippen molar-refractivity contribution in [2.24, 2.45) is 5.41 Å². The number of piperidine rings is 1. The average Bonchev–Trinajstić information content (AvgIpc) is 3.89. The maximum atomic E-state index is 17.3. The summed E-state index contributed by atoms with van der Waals surface area (Å²) in [4.78, 5) is 32.5. The van der Waals surface area contributed by atoms with Crippen LogP contribution in [0.15, 0.2) is 24.3 Å². The molecule has 3 unspecified atom stereocenters. The summed E-state index contributed by atoms with van der Waals surface area (Å²) < 4.78 is 98.3. The number of methoxy groups -OCH3 is 1. The zero-order chi connectivity index (χ0) is 40.4. The highest BCUT2D eigenvalue weighted by Crippen LogP contribution is 2.48. The number of halogens is 6. The molecule has 3 aliphatic heterocycles. The van der Waals surface area contributed by atoms with Crippen molar-refractivity contribution in [3.8, 4) is 41.2 Å². The van der Waals surface area contributed by atoms with Crippen LogP contribution in [0, 0.1) is 29.4 Å². The molecule has 11 nitrogen and oxygen atoms in total. The third-order valence-electron chi connectivity index (χ3n) is 11.7.